The van der Waals surface area contributed by atoms with E-state index in [1.807, 2.05) is 0 Å². The van der Waals surface area contributed by atoms with E-state index in [2.05, 4.69) is 60.5 Å². The summed E-state index contributed by atoms with van der Waals surface area (Å²) >= 11 is 1.68. The van der Waals surface area contributed by atoms with Crippen molar-refractivity contribution in [2.45, 2.75) is 49.4 Å². The van der Waals surface area contributed by atoms with Crippen molar-refractivity contribution in [1.82, 2.24) is 15.5 Å². The molecule has 3 N–H and O–H groups in total. The van der Waals surface area contributed by atoms with Gasteiger partial charge in [0.15, 0.2) is 5.82 Å². The Morgan fingerprint density at radius 3 is 2.47 bits per heavy atom. The van der Waals surface area contributed by atoms with Crippen LogP contribution in [-0.2, 0) is 17.6 Å². The molecule has 0 fully saturated rings. The van der Waals surface area contributed by atoms with Crippen LogP contribution in [0.1, 0.15) is 38.0 Å². The van der Waals surface area contributed by atoms with Crippen LogP contribution in [0.4, 0.5) is 0 Å². The monoisotopic (exact) mass is 457 g/mol. The summed E-state index contributed by atoms with van der Waals surface area (Å²) in [6.07, 6.45) is 0.266. The number of nitrogens with zero attached hydrogens (tertiary/aromatic N) is 2. The van der Waals surface area contributed by atoms with Gasteiger partial charge in [-0.15, -0.1) is 11.8 Å². The Morgan fingerprint density at radius 2 is 1.81 bits per heavy atom. The molecule has 1 aromatic heterocycles. The van der Waals surface area contributed by atoms with Crippen molar-refractivity contribution < 1.29 is 19.5 Å². The van der Waals surface area contributed by atoms with Gasteiger partial charge >= 0.3 is 0 Å². The summed E-state index contributed by atoms with van der Waals surface area (Å²) < 4.78 is 10.8. The molecule has 0 amide bonds. The molecule has 1 unspecified atom stereocenters. The number of thioether (sulfide) groups is 1. The van der Waals surface area contributed by atoms with Crippen LogP contribution < -0.4 is 10.1 Å². The number of hydrogen-bond donors (Lipinski definition) is 3. The molecule has 0 radical (unpaired) electrons. The van der Waals surface area contributed by atoms with E-state index in [1.54, 1.807) is 36.0 Å². The molecule has 1 heterocycles. The molecular weight excluding hydrogens is 426 g/mol. The first-order valence-corrected chi connectivity index (χ1v) is 11.6. The van der Waals surface area contributed by atoms with Crippen LogP contribution in [-0.4, -0.2) is 46.2 Å². The fraction of sp³-hybridized carbons (Fsp3) is 0.417. The van der Waals surface area contributed by atoms with Crippen molar-refractivity contribution in [3.05, 3.63) is 65.8 Å². The van der Waals surface area contributed by atoms with Gasteiger partial charge in [-0.25, -0.2) is 0 Å². The first-order chi connectivity index (χ1) is 15.3. The van der Waals surface area contributed by atoms with E-state index >= 15 is 0 Å². The molecule has 1 atom stereocenters. The van der Waals surface area contributed by atoms with Gasteiger partial charge in [0.05, 0.1) is 5.75 Å². The van der Waals surface area contributed by atoms with Crippen LogP contribution in [0.5, 0.6) is 11.5 Å². The molecule has 0 aliphatic heterocycles. The van der Waals surface area contributed by atoms with E-state index in [0.29, 0.717) is 29.8 Å². The summed E-state index contributed by atoms with van der Waals surface area (Å²) in [5.74, 6) is 2.85. The summed E-state index contributed by atoms with van der Waals surface area (Å²) in [6, 6.07) is 14.9. The van der Waals surface area contributed by atoms with Gasteiger partial charge in [-0.05, 0) is 54.9 Å². The Bertz CT molecular complexity index is 953. The van der Waals surface area contributed by atoms with Crippen molar-refractivity contribution in [1.29, 1.82) is 0 Å². The second kappa shape index (κ2) is 11.4. The zero-order valence-corrected chi connectivity index (χ0v) is 19.6. The molecule has 0 saturated heterocycles. The average molecular weight is 458 g/mol. The van der Waals surface area contributed by atoms with E-state index < -0.39 is 6.10 Å². The molecule has 3 rings (SSSR count). The van der Waals surface area contributed by atoms with Crippen molar-refractivity contribution in [2.24, 2.45) is 0 Å². The molecule has 0 saturated carbocycles. The lowest BCUT2D eigenvalue weighted by Gasteiger charge is -2.13. The average Bonchev–Trinajstić information content (AvgIpc) is 3.25. The first-order valence-electron chi connectivity index (χ1n) is 10.6. The van der Waals surface area contributed by atoms with Gasteiger partial charge in [0, 0.05) is 16.9 Å². The predicted octanol–water partition coefficient (Wildman–Crippen LogP) is 3.94. The summed E-state index contributed by atoms with van der Waals surface area (Å²) in [5.41, 5.74) is 1.09. The van der Waals surface area contributed by atoms with E-state index in [0.717, 1.165) is 17.9 Å². The lowest BCUT2D eigenvalue weighted by atomic mass is 9.97. The quantitative estimate of drug-likeness (QED) is 0.294. The number of aliphatic hydroxyl groups is 1. The number of phenols is 1. The second-order valence-electron chi connectivity index (χ2n) is 8.61. The van der Waals surface area contributed by atoms with Crippen molar-refractivity contribution in [3.8, 4) is 11.5 Å². The van der Waals surface area contributed by atoms with Crippen LogP contribution in [0, 0.1) is 0 Å². The fourth-order valence-corrected chi connectivity index (χ4v) is 3.55. The number of aliphatic hydroxyl groups excluding tert-OH is 1. The maximum Gasteiger partial charge on any atom is 0.232 e. The normalized spacial score (nSPS) is 12.6. The number of aromatic nitrogens is 2. The highest BCUT2D eigenvalue weighted by Gasteiger charge is 2.21. The minimum atomic E-state index is -0.605. The van der Waals surface area contributed by atoms with Crippen molar-refractivity contribution in [3.63, 3.8) is 0 Å². The van der Waals surface area contributed by atoms with Gasteiger partial charge in [-0.1, -0.05) is 38.1 Å². The molecule has 0 aliphatic carbocycles. The number of phenolic OH excluding ortho intramolecular Hbond substituents is 1. The number of nitrogens with one attached hydrogen (secondary N) is 1. The Balaban J connectivity index is 1.32. The summed E-state index contributed by atoms with van der Waals surface area (Å²) in [6.45, 7) is 7.57. The molecule has 8 heteroatoms. The zero-order chi connectivity index (χ0) is 23.0. The smallest absolute Gasteiger partial charge is 0.232 e. The molecule has 172 valence electrons. The number of benzene rings is 2. The van der Waals surface area contributed by atoms with Crippen LogP contribution in [0.15, 0.2) is 57.9 Å². The Labute approximate surface area is 193 Å². The predicted molar refractivity (Wildman–Crippen MR) is 125 cm³/mol. The maximum atomic E-state index is 10.0. The first kappa shape index (κ1) is 24.1. The van der Waals surface area contributed by atoms with Gasteiger partial charge in [0.25, 0.3) is 0 Å². The highest BCUT2D eigenvalue weighted by Crippen LogP contribution is 2.24. The van der Waals surface area contributed by atoms with Gasteiger partial charge < -0.3 is 24.8 Å². The largest absolute Gasteiger partial charge is 0.508 e. The van der Waals surface area contributed by atoms with E-state index in [4.69, 9.17) is 9.26 Å². The molecular formula is C24H31N3O4S. The number of ether oxygens (including phenoxy) is 1. The van der Waals surface area contributed by atoms with E-state index in [9.17, 15) is 10.2 Å². The molecule has 32 heavy (non-hydrogen) atoms. The number of aromatic hydroxyl groups is 1. The summed E-state index contributed by atoms with van der Waals surface area (Å²) in [4.78, 5) is 5.62. The van der Waals surface area contributed by atoms with Crippen LogP contribution in [0.2, 0.25) is 0 Å². The molecule has 0 bridgehead atoms. The van der Waals surface area contributed by atoms with Crippen LogP contribution in [0.25, 0.3) is 0 Å². The second-order valence-corrected chi connectivity index (χ2v) is 9.66. The van der Waals surface area contributed by atoms with Crippen molar-refractivity contribution >= 4 is 11.8 Å². The molecule has 2 aromatic carbocycles. The Kier molecular flexibility index (Phi) is 8.55. The van der Waals surface area contributed by atoms with Crippen LogP contribution in [0.3, 0.4) is 0 Å². The molecule has 3 aromatic rings. The van der Waals surface area contributed by atoms with Crippen LogP contribution >= 0.6 is 11.8 Å². The third-order valence-corrected chi connectivity index (χ3v) is 5.66. The van der Waals surface area contributed by atoms with E-state index in [-0.39, 0.29) is 17.8 Å². The lowest BCUT2D eigenvalue weighted by molar-refractivity contribution is 0.106. The highest BCUT2D eigenvalue weighted by molar-refractivity contribution is 7.98. The summed E-state index contributed by atoms with van der Waals surface area (Å²) in [5, 5.41) is 26.6. The van der Waals surface area contributed by atoms with Gasteiger partial charge in [-0.3, -0.25) is 0 Å². The summed E-state index contributed by atoms with van der Waals surface area (Å²) in [7, 11) is 0. The third-order valence-electron chi connectivity index (χ3n) is 4.65. The van der Waals surface area contributed by atoms with Gasteiger partial charge in [-0.2, -0.15) is 4.98 Å². The minimum absolute atomic E-state index is 0.137. The fourth-order valence-electron chi connectivity index (χ4n) is 2.81. The molecule has 0 spiro atoms. The SMILES string of the molecule is CC(C)(C)c1nc(CSc2ccc(CCNCC(O)COc3ccc(O)cc3)cc2)no1. The number of hydrogen-bond acceptors (Lipinski definition) is 8. The highest BCUT2D eigenvalue weighted by atomic mass is 32.2. The Hall–Kier alpha value is -2.55. The third kappa shape index (κ3) is 7.85. The number of rotatable bonds is 11. The molecule has 0 aliphatic rings. The maximum absolute atomic E-state index is 10.0. The standard InChI is InChI=1S/C24H31N3O4S/c1-24(2,3)23-26-22(27-31-23)16-32-21-10-4-17(5-11-21)12-13-25-14-19(29)15-30-20-8-6-18(28)7-9-20/h4-11,19,25,28-29H,12-16H2,1-3H3. The topological polar surface area (TPSA) is 101 Å². The van der Waals surface area contributed by atoms with Gasteiger partial charge in [0.1, 0.15) is 24.2 Å². The van der Waals surface area contributed by atoms with E-state index in [1.165, 1.54) is 5.56 Å². The minimum Gasteiger partial charge on any atom is -0.508 e. The molecule has 7 nitrogen and oxygen atoms in total. The van der Waals surface area contributed by atoms with Crippen molar-refractivity contribution in [2.75, 3.05) is 19.7 Å². The lowest BCUT2D eigenvalue weighted by Crippen LogP contribution is -2.32. The zero-order valence-electron chi connectivity index (χ0n) is 18.7. The Morgan fingerprint density at radius 1 is 1.09 bits per heavy atom. The van der Waals surface area contributed by atoms with Gasteiger partial charge in [0.2, 0.25) is 5.89 Å².